The Labute approximate surface area is 99.6 Å². The Morgan fingerprint density at radius 2 is 2.19 bits per heavy atom. The summed E-state index contributed by atoms with van der Waals surface area (Å²) in [7, 11) is -3.46. The predicted molar refractivity (Wildman–Crippen MR) is 58.5 cm³/mol. The van der Waals surface area contributed by atoms with E-state index in [4.69, 9.17) is 5.26 Å². The predicted octanol–water partition coefficient (Wildman–Crippen LogP) is 0.767. The summed E-state index contributed by atoms with van der Waals surface area (Å²) in [6.07, 6.45) is 3.66. The number of nitrogens with zero attached hydrogens (tertiary/aromatic N) is 4. The number of hydrogen-bond donors (Lipinski definition) is 0. The van der Waals surface area contributed by atoms with Crippen LogP contribution in [0.15, 0.2) is 22.2 Å². The summed E-state index contributed by atoms with van der Waals surface area (Å²) in [6, 6.07) is 1.88. The van der Waals surface area contributed by atoms with E-state index in [0.29, 0.717) is 9.99 Å². The molecule has 0 aliphatic heterocycles. The van der Waals surface area contributed by atoms with E-state index in [9.17, 15) is 8.42 Å². The molecular formula is C8H5BrN4O2S. The number of nitriles is 1. The van der Waals surface area contributed by atoms with Gasteiger partial charge in [-0.15, -0.1) is 0 Å². The average Bonchev–Trinajstić information content (AvgIpc) is 2.60. The summed E-state index contributed by atoms with van der Waals surface area (Å²) < 4.78 is 24.7. The highest BCUT2D eigenvalue weighted by atomic mass is 79.9. The maximum atomic E-state index is 11.4. The fourth-order valence-electron chi connectivity index (χ4n) is 1.31. The van der Waals surface area contributed by atoms with Crippen LogP contribution < -0.4 is 0 Å². The van der Waals surface area contributed by atoms with E-state index in [-0.39, 0.29) is 10.9 Å². The van der Waals surface area contributed by atoms with Gasteiger partial charge in [0.15, 0.2) is 5.69 Å². The molecule has 6 nitrogen and oxygen atoms in total. The lowest BCUT2D eigenvalue weighted by molar-refractivity contribution is 0.590. The molecule has 0 bridgehead atoms. The second kappa shape index (κ2) is 3.54. The second-order valence-corrected chi connectivity index (χ2v) is 5.85. The summed E-state index contributed by atoms with van der Waals surface area (Å²) >= 11 is 3.20. The Bertz CT molecular complexity index is 713. The molecule has 0 fully saturated rings. The minimum Gasteiger partial charge on any atom is -0.271 e. The molecule has 0 atom stereocenters. The molecule has 0 unspecified atom stereocenters. The van der Waals surface area contributed by atoms with Crippen molar-refractivity contribution >= 4 is 31.3 Å². The monoisotopic (exact) mass is 300 g/mol. The first-order valence-corrected chi connectivity index (χ1v) is 6.75. The average molecular weight is 301 g/mol. The lowest BCUT2D eigenvalue weighted by atomic mass is 10.4. The van der Waals surface area contributed by atoms with Gasteiger partial charge < -0.3 is 0 Å². The third-order valence-corrected chi connectivity index (χ3v) is 3.47. The molecule has 8 heteroatoms. The number of hydrogen-bond acceptors (Lipinski definition) is 5. The summed E-state index contributed by atoms with van der Waals surface area (Å²) in [4.78, 5) is 7.62. The summed E-state index contributed by atoms with van der Waals surface area (Å²) in [5, 5.41) is 8.69. The molecule has 0 N–H and O–H groups in total. The van der Waals surface area contributed by atoms with E-state index >= 15 is 0 Å². The van der Waals surface area contributed by atoms with E-state index in [2.05, 4.69) is 25.9 Å². The van der Waals surface area contributed by atoms with Gasteiger partial charge in [-0.25, -0.2) is 18.4 Å². The van der Waals surface area contributed by atoms with Crippen LogP contribution >= 0.6 is 15.9 Å². The molecular weight excluding hydrogens is 296 g/mol. The minimum absolute atomic E-state index is 0.139. The van der Waals surface area contributed by atoms with Crippen LogP contribution in [0.25, 0.3) is 5.52 Å². The highest BCUT2D eigenvalue weighted by Gasteiger charge is 2.18. The van der Waals surface area contributed by atoms with Crippen molar-refractivity contribution < 1.29 is 8.42 Å². The molecule has 0 saturated carbocycles. The zero-order chi connectivity index (χ0) is 11.9. The molecule has 0 saturated heterocycles. The first kappa shape index (κ1) is 11.0. The number of fused-ring (bicyclic) bond motifs is 1. The molecule has 0 aromatic carbocycles. The van der Waals surface area contributed by atoms with Gasteiger partial charge in [-0.1, -0.05) is 0 Å². The molecule has 0 spiro atoms. The van der Waals surface area contributed by atoms with Crippen molar-refractivity contribution in [3.63, 3.8) is 0 Å². The molecule has 2 aromatic heterocycles. The van der Waals surface area contributed by atoms with Gasteiger partial charge >= 0.3 is 0 Å². The van der Waals surface area contributed by atoms with Gasteiger partial charge in [0.1, 0.15) is 17.9 Å². The summed E-state index contributed by atoms with van der Waals surface area (Å²) in [5.74, 6) is 0. The Balaban J connectivity index is 2.99. The Kier molecular flexibility index (Phi) is 2.44. The molecule has 0 radical (unpaired) electrons. The zero-order valence-corrected chi connectivity index (χ0v) is 10.4. The molecule has 0 aliphatic rings. The van der Waals surface area contributed by atoms with Crippen LogP contribution in [0.4, 0.5) is 0 Å². The number of aromatic nitrogens is 3. The van der Waals surface area contributed by atoms with Crippen molar-refractivity contribution in [2.24, 2.45) is 0 Å². The maximum Gasteiger partial charge on any atom is 0.233 e. The van der Waals surface area contributed by atoms with Crippen molar-refractivity contribution in [1.82, 2.24) is 14.4 Å². The molecule has 0 amide bonds. The lowest BCUT2D eigenvalue weighted by Gasteiger charge is -2.02. The van der Waals surface area contributed by atoms with Crippen LogP contribution in [0.3, 0.4) is 0 Å². The summed E-state index contributed by atoms with van der Waals surface area (Å²) in [5.41, 5.74) is 0.553. The molecule has 16 heavy (non-hydrogen) atoms. The van der Waals surface area contributed by atoms with Crippen molar-refractivity contribution in [1.29, 1.82) is 5.26 Å². The standard InChI is InChI=1S/C8H5BrN4O2S/c1-16(14,15)8-11-3-5(9)7-6(2-10)12-4-13(7)8/h3-4H,1H3. The van der Waals surface area contributed by atoms with E-state index in [0.717, 1.165) is 6.26 Å². The lowest BCUT2D eigenvalue weighted by Crippen LogP contribution is -2.07. The number of imidazole rings is 1. The number of rotatable bonds is 1. The molecule has 2 rings (SSSR count). The third kappa shape index (κ3) is 1.58. The maximum absolute atomic E-state index is 11.4. The van der Waals surface area contributed by atoms with Crippen molar-refractivity contribution in [3.05, 3.63) is 22.7 Å². The van der Waals surface area contributed by atoms with Gasteiger partial charge in [0.05, 0.1) is 4.47 Å². The molecule has 82 valence electrons. The van der Waals surface area contributed by atoms with Gasteiger partial charge in [-0.2, -0.15) is 5.26 Å². The van der Waals surface area contributed by atoms with Gasteiger partial charge in [0.25, 0.3) is 0 Å². The van der Waals surface area contributed by atoms with E-state index in [1.165, 1.54) is 16.9 Å². The quantitative estimate of drug-likeness (QED) is 0.726. The van der Waals surface area contributed by atoms with Crippen LogP contribution in [0, 0.1) is 11.3 Å². The van der Waals surface area contributed by atoms with Crippen LogP contribution in [0.5, 0.6) is 0 Å². The molecule has 0 aliphatic carbocycles. The van der Waals surface area contributed by atoms with Crippen LogP contribution in [0.2, 0.25) is 0 Å². The number of halogens is 1. The second-order valence-electron chi connectivity index (χ2n) is 3.08. The van der Waals surface area contributed by atoms with Gasteiger partial charge in [-0.05, 0) is 15.9 Å². The SMILES string of the molecule is CS(=O)(=O)c1ncc(Br)c2c(C#N)ncn12. The fourth-order valence-corrected chi connectivity index (χ4v) is 2.53. The van der Waals surface area contributed by atoms with Gasteiger partial charge in [0.2, 0.25) is 15.0 Å². The smallest absolute Gasteiger partial charge is 0.233 e. The topological polar surface area (TPSA) is 88.1 Å². The zero-order valence-electron chi connectivity index (χ0n) is 8.05. The van der Waals surface area contributed by atoms with Crippen molar-refractivity contribution in [2.75, 3.05) is 6.26 Å². The first-order valence-electron chi connectivity index (χ1n) is 4.07. The van der Waals surface area contributed by atoms with E-state index in [1.54, 1.807) is 0 Å². The van der Waals surface area contributed by atoms with Crippen LogP contribution in [-0.4, -0.2) is 29.0 Å². The summed E-state index contributed by atoms with van der Waals surface area (Å²) in [6.45, 7) is 0. The highest BCUT2D eigenvalue weighted by molar-refractivity contribution is 9.10. The van der Waals surface area contributed by atoms with E-state index in [1.807, 2.05) is 6.07 Å². The molecule has 2 heterocycles. The van der Waals surface area contributed by atoms with Crippen LogP contribution in [0.1, 0.15) is 5.69 Å². The Morgan fingerprint density at radius 1 is 1.50 bits per heavy atom. The Morgan fingerprint density at radius 3 is 2.75 bits per heavy atom. The third-order valence-electron chi connectivity index (χ3n) is 1.93. The number of sulfone groups is 1. The molecule has 2 aromatic rings. The Hall–Kier alpha value is -1.46. The van der Waals surface area contributed by atoms with Gasteiger partial charge in [0, 0.05) is 12.5 Å². The largest absolute Gasteiger partial charge is 0.271 e. The van der Waals surface area contributed by atoms with Crippen molar-refractivity contribution in [3.8, 4) is 6.07 Å². The van der Waals surface area contributed by atoms with Crippen LogP contribution in [-0.2, 0) is 9.84 Å². The first-order chi connectivity index (χ1) is 7.45. The fraction of sp³-hybridized carbons (Fsp3) is 0.125. The van der Waals surface area contributed by atoms with E-state index < -0.39 is 9.84 Å². The normalized spacial score (nSPS) is 11.6. The highest BCUT2D eigenvalue weighted by Crippen LogP contribution is 2.22. The van der Waals surface area contributed by atoms with Gasteiger partial charge in [-0.3, -0.25) is 4.40 Å². The van der Waals surface area contributed by atoms with Crippen molar-refractivity contribution in [2.45, 2.75) is 5.16 Å². The minimum atomic E-state index is -3.46.